The average molecular weight is 493 g/mol. The third-order valence-electron chi connectivity index (χ3n) is 5.40. The number of amides is 4. The van der Waals surface area contributed by atoms with Crippen LogP contribution in [0.25, 0.3) is 11.8 Å². The van der Waals surface area contributed by atoms with E-state index in [2.05, 4.69) is 21.2 Å². The third-order valence-corrected chi connectivity index (χ3v) is 5.93. The standard InChI is InChI=1S/C24H21BrN4O3/c1-14-11-18(15(2)29(14)20-9-5-17(6-10-20)22(26)30)12-21-23(31)28(24(32)27-21)13-16-3-7-19(25)8-4-16/h3-12H,13H2,1-2H3,(H2,26,30)(H,27,32)/b21-12+. The molecular weight excluding hydrogens is 472 g/mol. The fraction of sp³-hybridized carbons (Fsp3) is 0.125. The van der Waals surface area contributed by atoms with Crippen LogP contribution in [-0.4, -0.2) is 27.3 Å². The van der Waals surface area contributed by atoms with Gasteiger partial charge in [-0.1, -0.05) is 28.1 Å². The largest absolute Gasteiger partial charge is 0.366 e. The number of aryl methyl sites for hydroxylation is 1. The minimum absolute atomic E-state index is 0.195. The van der Waals surface area contributed by atoms with E-state index < -0.39 is 11.9 Å². The number of nitrogens with one attached hydrogen (secondary N) is 1. The van der Waals surface area contributed by atoms with E-state index in [0.717, 1.165) is 32.7 Å². The third kappa shape index (κ3) is 4.09. The summed E-state index contributed by atoms with van der Waals surface area (Å²) in [4.78, 5) is 37.8. The zero-order chi connectivity index (χ0) is 23.0. The van der Waals surface area contributed by atoms with Gasteiger partial charge < -0.3 is 15.6 Å². The number of hydrogen-bond donors (Lipinski definition) is 2. The Morgan fingerprint density at radius 1 is 1.06 bits per heavy atom. The molecule has 0 atom stereocenters. The number of nitrogens with two attached hydrogens (primary N) is 1. The van der Waals surface area contributed by atoms with Crippen molar-refractivity contribution in [3.8, 4) is 5.69 Å². The quantitative estimate of drug-likeness (QED) is 0.415. The van der Waals surface area contributed by atoms with E-state index in [1.807, 2.05) is 60.9 Å². The number of carbonyl (C=O) groups excluding carboxylic acids is 3. The van der Waals surface area contributed by atoms with Gasteiger partial charge in [-0.25, -0.2) is 4.79 Å². The summed E-state index contributed by atoms with van der Waals surface area (Å²) >= 11 is 3.38. The first-order chi connectivity index (χ1) is 15.2. The Balaban J connectivity index is 1.61. The van der Waals surface area contributed by atoms with Gasteiger partial charge in [-0.15, -0.1) is 0 Å². The molecular formula is C24H21BrN4O3. The SMILES string of the molecule is Cc1cc(/C=C2/NC(=O)N(Cc3ccc(Br)cc3)C2=O)c(C)n1-c1ccc(C(N)=O)cc1. The highest BCUT2D eigenvalue weighted by Crippen LogP contribution is 2.25. The summed E-state index contributed by atoms with van der Waals surface area (Å²) in [5.41, 5.74) is 10.4. The fourth-order valence-corrected chi connectivity index (χ4v) is 4.01. The van der Waals surface area contributed by atoms with Crippen LogP contribution in [0.3, 0.4) is 0 Å². The van der Waals surface area contributed by atoms with Crippen LogP contribution in [-0.2, 0) is 11.3 Å². The molecule has 4 amide bonds. The van der Waals surface area contributed by atoms with E-state index in [-0.39, 0.29) is 18.1 Å². The van der Waals surface area contributed by atoms with Gasteiger partial charge >= 0.3 is 6.03 Å². The molecule has 8 heteroatoms. The maximum atomic E-state index is 12.9. The molecule has 2 heterocycles. The molecule has 3 aromatic rings. The zero-order valence-corrected chi connectivity index (χ0v) is 19.1. The molecule has 162 valence electrons. The van der Waals surface area contributed by atoms with Crippen molar-refractivity contribution < 1.29 is 14.4 Å². The number of primary amides is 1. The molecule has 4 rings (SSSR count). The van der Waals surface area contributed by atoms with Crippen molar-refractivity contribution in [3.05, 3.63) is 92.8 Å². The van der Waals surface area contributed by atoms with Gasteiger partial charge in [-0.05, 0) is 73.5 Å². The smallest absolute Gasteiger partial charge is 0.329 e. The number of rotatable bonds is 5. The Kier molecular flexibility index (Phi) is 5.71. The van der Waals surface area contributed by atoms with Crippen molar-refractivity contribution in [3.63, 3.8) is 0 Å². The molecule has 0 saturated carbocycles. The molecule has 1 aliphatic heterocycles. The number of aromatic nitrogens is 1. The normalized spacial score (nSPS) is 14.8. The van der Waals surface area contributed by atoms with Crippen LogP contribution >= 0.6 is 15.9 Å². The average Bonchev–Trinajstić information content (AvgIpc) is 3.19. The monoisotopic (exact) mass is 492 g/mol. The van der Waals surface area contributed by atoms with Crippen molar-refractivity contribution >= 4 is 39.9 Å². The molecule has 2 aromatic carbocycles. The summed E-state index contributed by atoms with van der Waals surface area (Å²) in [5, 5.41) is 2.68. The van der Waals surface area contributed by atoms with Gasteiger partial charge in [0.2, 0.25) is 5.91 Å². The fourth-order valence-electron chi connectivity index (χ4n) is 3.75. The van der Waals surface area contributed by atoms with E-state index in [9.17, 15) is 14.4 Å². The molecule has 0 unspecified atom stereocenters. The highest BCUT2D eigenvalue weighted by molar-refractivity contribution is 9.10. The van der Waals surface area contributed by atoms with Crippen LogP contribution in [0.5, 0.6) is 0 Å². The van der Waals surface area contributed by atoms with Gasteiger partial charge in [0.25, 0.3) is 5.91 Å². The van der Waals surface area contributed by atoms with Crippen LogP contribution in [0.1, 0.15) is 32.9 Å². The first-order valence-corrected chi connectivity index (χ1v) is 10.7. The van der Waals surface area contributed by atoms with Crippen molar-refractivity contribution in [1.82, 2.24) is 14.8 Å². The topological polar surface area (TPSA) is 97.4 Å². The molecule has 1 fully saturated rings. The molecule has 0 aliphatic carbocycles. The lowest BCUT2D eigenvalue weighted by atomic mass is 10.2. The first kappa shape index (κ1) is 21.6. The zero-order valence-electron chi connectivity index (χ0n) is 17.6. The van der Waals surface area contributed by atoms with E-state index in [1.54, 1.807) is 18.2 Å². The van der Waals surface area contributed by atoms with Crippen LogP contribution in [0.15, 0.2) is 64.8 Å². The van der Waals surface area contributed by atoms with Crippen molar-refractivity contribution in [2.24, 2.45) is 5.73 Å². The molecule has 1 aromatic heterocycles. The number of hydrogen-bond acceptors (Lipinski definition) is 3. The van der Waals surface area contributed by atoms with Crippen molar-refractivity contribution in [2.75, 3.05) is 0 Å². The highest BCUT2D eigenvalue weighted by atomic mass is 79.9. The predicted molar refractivity (Wildman–Crippen MR) is 125 cm³/mol. The molecule has 0 radical (unpaired) electrons. The molecule has 7 nitrogen and oxygen atoms in total. The number of halogens is 1. The second kappa shape index (κ2) is 8.47. The molecule has 32 heavy (non-hydrogen) atoms. The summed E-state index contributed by atoms with van der Waals surface area (Å²) in [6.07, 6.45) is 1.69. The minimum Gasteiger partial charge on any atom is -0.366 e. The summed E-state index contributed by atoms with van der Waals surface area (Å²) in [5.74, 6) is -0.848. The lowest BCUT2D eigenvalue weighted by Crippen LogP contribution is -2.30. The lowest BCUT2D eigenvalue weighted by Gasteiger charge is -2.11. The maximum Gasteiger partial charge on any atom is 0.329 e. The predicted octanol–water partition coefficient (Wildman–Crippen LogP) is 4.05. The Morgan fingerprint density at radius 3 is 2.34 bits per heavy atom. The Hall–Kier alpha value is -3.65. The van der Waals surface area contributed by atoms with Crippen LogP contribution in [0, 0.1) is 13.8 Å². The number of nitrogens with zero attached hydrogens (tertiary/aromatic N) is 2. The molecule has 3 N–H and O–H groups in total. The Labute approximate surface area is 193 Å². The molecule has 0 bridgehead atoms. The maximum absolute atomic E-state index is 12.9. The number of urea groups is 1. The van der Waals surface area contributed by atoms with Gasteiger partial charge in [0.15, 0.2) is 0 Å². The van der Waals surface area contributed by atoms with Crippen LogP contribution in [0.4, 0.5) is 4.79 Å². The van der Waals surface area contributed by atoms with E-state index in [1.165, 1.54) is 4.90 Å². The summed E-state index contributed by atoms with van der Waals surface area (Å²) in [6.45, 7) is 4.08. The van der Waals surface area contributed by atoms with Crippen molar-refractivity contribution in [2.45, 2.75) is 20.4 Å². The Bertz CT molecular complexity index is 1260. The first-order valence-electron chi connectivity index (χ1n) is 9.93. The molecule has 0 spiro atoms. The van der Waals surface area contributed by atoms with Gasteiger partial charge in [-0.2, -0.15) is 0 Å². The minimum atomic E-state index is -0.480. The summed E-state index contributed by atoms with van der Waals surface area (Å²) < 4.78 is 2.94. The molecule has 1 aliphatic rings. The summed E-state index contributed by atoms with van der Waals surface area (Å²) in [7, 11) is 0. The highest BCUT2D eigenvalue weighted by Gasteiger charge is 2.33. The van der Waals surface area contributed by atoms with Crippen LogP contribution < -0.4 is 11.1 Å². The van der Waals surface area contributed by atoms with E-state index >= 15 is 0 Å². The number of carbonyl (C=O) groups is 3. The number of imide groups is 1. The van der Waals surface area contributed by atoms with Gasteiger partial charge in [0, 0.05) is 27.1 Å². The second-order valence-corrected chi connectivity index (χ2v) is 8.49. The van der Waals surface area contributed by atoms with E-state index in [0.29, 0.717) is 5.56 Å². The Morgan fingerprint density at radius 2 is 1.72 bits per heavy atom. The second-order valence-electron chi connectivity index (χ2n) is 7.58. The van der Waals surface area contributed by atoms with E-state index in [4.69, 9.17) is 5.73 Å². The van der Waals surface area contributed by atoms with Crippen LogP contribution in [0.2, 0.25) is 0 Å². The van der Waals surface area contributed by atoms with Gasteiger partial charge in [0.05, 0.1) is 6.54 Å². The number of benzene rings is 2. The van der Waals surface area contributed by atoms with Gasteiger partial charge in [0.1, 0.15) is 5.70 Å². The lowest BCUT2D eigenvalue weighted by molar-refractivity contribution is -0.123. The molecule has 1 saturated heterocycles. The van der Waals surface area contributed by atoms with Gasteiger partial charge in [-0.3, -0.25) is 14.5 Å². The summed E-state index contributed by atoms with van der Waals surface area (Å²) in [6, 6.07) is 16.0. The van der Waals surface area contributed by atoms with Crippen molar-refractivity contribution in [1.29, 1.82) is 0 Å².